The number of nitrogens with zero attached hydrogens (tertiary/aromatic N) is 3. The van der Waals surface area contributed by atoms with Crippen LogP contribution in [-0.4, -0.2) is 141 Å². The predicted molar refractivity (Wildman–Crippen MR) is 158 cm³/mol. The zero-order valence-corrected chi connectivity index (χ0v) is 24.6. The summed E-state index contributed by atoms with van der Waals surface area (Å²) in [5.41, 5.74) is 1.57. The average molecular weight is 634 g/mol. The van der Waals surface area contributed by atoms with E-state index < -0.39 is 61.6 Å². The van der Waals surface area contributed by atoms with Crippen molar-refractivity contribution in [2.24, 2.45) is 0 Å². The summed E-state index contributed by atoms with van der Waals surface area (Å²) in [6.45, 7) is -3.00. The molecule has 0 heterocycles. The van der Waals surface area contributed by atoms with E-state index in [0.29, 0.717) is 0 Å². The van der Waals surface area contributed by atoms with Crippen LogP contribution in [-0.2, 0) is 46.7 Å². The van der Waals surface area contributed by atoms with Crippen molar-refractivity contribution in [2.45, 2.75) is 25.3 Å². The lowest BCUT2D eigenvalue weighted by Gasteiger charge is -2.32. The van der Waals surface area contributed by atoms with Gasteiger partial charge in [-0.2, -0.15) is 0 Å². The normalized spacial score (nSPS) is 12.7. The Balaban J connectivity index is 2.10. The molecule has 2 atom stereocenters. The smallest absolute Gasteiger partial charge is 0.323 e. The van der Waals surface area contributed by atoms with E-state index in [1.165, 1.54) is 4.90 Å². The van der Waals surface area contributed by atoms with Crippen molar-refractivity contribution in [1.82, 2.24) is 14.7 Å². The van der Waals surface area contributed by atoms with Gasteiger partial charge in [0.2, 0.25) is 0 Å². The van der Waals surface area contributed by atoms with Crippen LogP contribution in [0.25, 0.3) is 0 Å². The van der Waals surface area contributed by atoms with E-state index in [2.05, 4.69) is 0 Å². The minimum atomic E-state index is -1.36. The van der Waals surface area contributed by atoms with Gasteiger partial charge in [0.25, 0.3) is 0 Å². The van der Waals surface area contributed by atoms with Gasteiger partial charge in [0.15, 0.2) is 0 Å². The molecule has 5 N–H and O–H groups in total. The van der Waals surface area contributed by atoms with Crippen LogP contribution in [0.5, 0.6) is 0 Å². The molecule has 0 aliphatic rings. The molecule has 45 heavy (non-hydrogen) atoms. The predicted octanol–water partition coefficient (Wildman–Crippen LogP) is 0.486. The number of hydrogen-bond acceptors (Lipinski definition) is 10. The quantitative estimate of drug-likeness (QED) is 0.106. The highest BCUT2D eigenvalue weighted by atomic mass is 16.5. The molecule has 0 bridgehead atoms. The maximum absolute atomic E-state index is 12.1. The Morgan fingerprint density at radius 1 is 0.533 bits per heavy atom. The van der Waals surface area contributed by atoms with Gasteiger partial charge in [0.1, 0.15) is 12.1 Å². The molecule has 2 aromatic carbocycles. The van der Waals surface area contributed by atoms with Crippen LogP contribution in [0.15, 0.2) is 60.7 Å². The first-order chi connectivity index (χ1) is 21.5. The molecule has 2 aromatic rings. The Morgan fingerprint density at radius 2 is 0.889 bits per heavy atom. The lowest BCUT2D eigenvalue weighted by molar-refractivity contribution is -0.150. The molecule has 0 aliphatic heterocycles. The standard InChI is InChI=1S/C30H39N3O12/c34-26(35)15-31(11-13-32(16-27(36)37)24(29(40)41)20-44-18-22-7-3-1-4-8-22)12-14-33(17-28(38)39)25(30(42)43)21-45-19-23-9-5-2-6-10-23/h1-10,24-25H,11-21H2,(H,34,35)(H,36,37)(H,38,39)(H,40,41)(H,42,43). The number of rotatable bonds is 24. The summed E-state index contributed by atoms with van der Waals surface area (Å²) in [5, 5.41) is 48.0. The SMILES string of the molecule is O=C(O)CN(CCN(CC(=O)O)C(COCc1ccccc1)C(=O)O)CCN(CC(=O)O)C(COCc1ccccc1)C(=O)O. The van der Waals surface area contributed by atoms with E-state index in [9.17, 15) is 49.5 Å². The number of carbonyl (C=O) groups is 5. The lowest BCUT2D eigenvalue weighted by Crippen LogP contribution is -2.52. The number of carboxylic acid groups (broad SMARTS) is 5. The van der Waals surface area contributed by atoms with E-state index in [0.717, 1.165) is 20.9 Å². The zero-order chi connectivity index (χ0) is 33.2. The Kier molecular flexibility index (Phi) is 16.2. The highest BCUT2D eigenvalue weighted by molar-refractivity contribution is 5.76. The van der Waals surface area contributed by atoms with Crippen molar-refractivity contribution in [3.05, 3.63) is 71.8 Å². The summed E-state index contributed by atoms with van der Waals surface area (Å²) in [6.07, 6.45) is 0. The first kappa shape index (κ1) is 36.8. The lowest BCUT2D eigenvalue weighted by atomic mass is 10.2. The molecule has 0 radical (unpaired) electrons. The van der Waals surface area contributed by atoms with Gasteiger partial charge < -0.3 is 35.0 Å². The zero-order valence-electron chi connectivity index (χ0n) is 24.6. The maximum Gasteiger partial charge on any atom is 0.323 e. The summed E-state index contributed by atoms with van der Waals surface area (Å²) in [6, 6.07) is 15.2. The van der Waals surface area contributed by atoms with Crippen molar-refractivity contribution in [3.8, 4) is 0 Å². The summed E-state index contributed by atoms with van der Waals surface area (Å²) in [5.74, 6) is -6.52. The first-order valence-electron chi connectivity index (χ1n) is 14.0. The van der Waals surface area contributed by atoms with Crippen molar-refractivity contribution in [2.75, 3.05) is 59.0 Å². The fourth-order valence-electron chi connectivity index (χ4n) is 4.43. The number of carboxylic acids is 5. The molecule has 0 spiro atoms. The monoisotopic (exact) mass is 633 g/mol. The second-order valence-electron chi connectivity index (χ2n) is 10.1. The molecule has 0 saturated heterocycles. The molecule has 0 fully saturated rings. The molecule has 15 heteroatoms. The highest BCUT2D eigenvalue weighted by Crippen LogP contribution is 2.09. The highest BCUT2D eigenvalue weighted by Gasteiger charge is 2.30. The van der Waals surface area contributed by atoms with Crippen molar-refractivity contribution >= 4 is 29.8 Å². The molecule has 2 rings (SSSR count). The van der Waals surface area contributed by atoms with Crippen LogP contribution in [0.4, 0.5) is 0 Å². The minimum absolute atomic E-state index is 0.0931. The van der Waals surface area contributed by atoms with E-state index in [1.54, 1.807) is 48.5 Å². The summed E-state index contributed by atoms with van der Waals surface area (Å²) < 4.78 is 11.1. The summed E-state index contributed by atoms with van der Waals surface area (Å²) in [4.78, 5) is 62.5. The number of ether oxygens (including phenoxy) is 2. The number of hydrogen-bond donors (Lipinski definition) is 5. The topological polar surface area (TPSA) is 215 Å². The van der Waals surface area contributed by atoms with Crippen molar-refractivity contribution in [1.29, 1.82) is 0 Å². The Hall–Kier alpha value is -4.41. The van der Waals surface area contributed by atoms with Gasteiger partial charge in [-0.25, -0.2) is 0 Å². The van der Waals surface area contributed by atoms with Crippen LogP contribution in [0.3, 0.4) is 0 Å². The van der Waals surface area contributed by atoms with Gasteiger partial charge in [-0.05, 0) is 11.1 Å². The first-order valence-corrected chi connectivity index (χ1v) is 14.0. The van der Waals surface area contributed by atoms with Gasteiger partial charge in [-0.1, -0.05) is 60.7 Å². The van der Waals surface area contributed by atoms with Crippen molar-refractivity contribution < 1.29 is 59.0 Å². The van der Waals surface area contributed by atoms with Crippen LogP contribution in [0.2, 0.25) is 0 Å². The third-order valence-electron chi connectivity index (χ3n) is 6.67. The third kappa shape index (κ3) is 14.7. The molecular weight excluding hydrogens is 594 g/mol. The number of aliphatic carboxylic acids is 5. The van der Waals surface area contributed by atoms with Crippen molar-refractivity contribution in [3.63, 3.8) is 0 Å². The van der Waals surface area contributed by atoms with Crippen LogP contribution >= 0.6 is 0 Å². The molecular formula is C30H39N3O12. The van der Waals surface area contributed by atoms with E-state index >= 15 is 0 Å². The fraction of sp³-hybridized carbons (Fsp3) is 0.433. The molecule has 0 saturated carbocycles. The molecule has 246 valence electrons. The summed E-state index contributed by atoms with van der Waals surface area (Å²) >= 11 is 0. The largest absolute Gasteiger partial charge is 0.480 e. The second-order valence-corrected chi connectivity index (χ2v) is 10.1. The average Bonchev–Trinajstić information content (AvgIpc) is 2.98. The van der Waals surface area contributed by atoms with E-state index in [-0.39, 0.29) is 52.6 Å². The molecule has 0 amide bonds. The Labute approximate surface area is 259 Å². The Morgan fingerprint density at radius 3 is 1.20 bits per heavy atom. The molecule has 0 aliphatic carbocycles. The van der Waals surface area contributed by atoms with E-state index in [1.807, 2.05) is 12.1 Å². The van der Waals surface area contributed by atoms with E-state index in [4.69, 9.17) is 9.47 Å². The van der Waals surface area contributed by atoms with Gasteiger partial charge in [0.05, 0.1) is 46.1 Å². The van der Waals surface area contributed by atoms with Gasteiger partial charge in [-0.3, -0.25) is 38.7 Å². The molecule has 15 nitrogen and oxygen atoms in total. The maximum atomic E-state index is 12.1. The minimum Gasteiger partial charge on any atom is -0.480 e. The molecule has 2 unspecified atom stereocenters. The van der Waals surface area contributed by atoms with Crippen LogP contribution in [0, 0.1) is 0 Å². The van der Waals surface area contributed by atoms with Gasteiger partial charge >= 0.3 is 29.8 Å². The molecule has 0 aromatic heterocycles. The van der Waals surface area contributed by atoms with Gasteiger partial charge in [-0.15, -0.1) is 0 Å². The van der Waals surface area contributed by atoms with Crippen LogP contribution in [0.1, 0.15) is 11.1 Å². The summed E-state index contributed by atoms with van der Waals surface area (Å²) in [7, 11) is 0. The van der Waals surface area contributed by atoms with Gasteiger partial charge in [0, 0.05) is 26.2 Å². The third-order valence-corrected chi connectivity index (χ3v) is 6.67. The second kappa shape index (κ2) is 19.8. The number of benzene rings is 2. The fourth-order valence-corrected chi connectivity index (χ4v) is 4.43. The Bertz CT molecular complexity index is 1140. The van der Waals surface area contributed by atoms with Crippen LogP contribution < -0.4 is 0 Å².